The van der Waals surface area contributed by atoms with Gasteiger partial charge in [0.25, 0.3) is 0 Å². The second-order valence-corrected chi connectivity index (χ2v) is 4.28. The molecule has 2 aliphatic heterocycles. The molecular formula is C12H16N2. The standard InChI is InChI=1S/C12H16N2/c1-2-5-10(6-3-1)11-9-14-8-4-7-12(14)13-11/h1-3,5-6,11-13H,4,7-9H2/t11?,12-/m0/s1. The molecule has 0 amide bonds. The van der Waals surface area contributed by atoms with Crippen LogP contribution >= 0.6 is 0 Å². The summed E-state index contributed by atoms with van der Waals surface area (Å²) < 4.78 is 0. The van der Waals surface area contributed by atoms with Gasteiger partial charge in [0.2, 0.25) is 0 Å². The van der Waals surface area contributed by atoms with Gasteiger partial charge in [-0.1, -0.05) is 30.3 Å². The Kier molecular flexibility index (Phi) is 2.03. The molecule has 74 valence electrons. The highest BCUT2D eigenvalue weighted by Gasteiger charge is 2.34. The Bertz CT molecular complexity index is 297. The maximum absolute atomic E-state index is 3.70. The minimum atomic E-state index is 0.557. The summed E-state index contributed by atoms with van der Waals surface area (Å²) in [6, 6.07) is 11.3. The van der Waals surface area contributed by atoms with Gasteiger partial charge in [-0.15, -0.1) is 0 Å². The number of hydrogen-bond acceptors (Lipinski definition) is 2. The molecule has 1 aromatic carbocycles. The first-order valence-corrected chi connectivity index (χ1v) is 5.48. The molecule has 2 aliphatic rings. The molecule has 2 nitrogen and oxygen atoms in total. The molecule has 0 aromatic heterocycles. The second-order valence-electron chi connectivity index (χ2n) is 4.28. The van der Waals surface area contributed by atoms with Gasteiger partial charge in [-0.25, -0.2) is 0 Å². The molecule has 1 N–H and O–H groups in total. The van der Waals surface area contributed by atoms with Gasteiger partial charge in [0.15, 0.2) is 0 Å². The molecule has 0 radical (unpaired) electrons. The van der Waals surface area contributed by atoms with Crippen LogP contribution in [0.1, 0.15) is 24.4 Å². The predicted octanol–water partition coefficient (Wildman–Crippen LogP) is 1.75. The van der Waals surface area contributed by atoms with E-state index in [4.69, 9.17) is 0 Å². The maximum Gasteiger partial charge on any atom is 0.0603 e. The average Bonchev–Trinajstić information content (AvgIpc) is 2.78. The van der Waals surface area contributed by atoms with Crippen LogP contribution in [-0.2, 0) is 0 Å². The zero-order chi connectivity index (χ0) is 9.38. The van der Waals surface area contributed by atoms with Gasteiger partial charge in [0, 0.05) is 12.6 Å². The van der Waals surface area contributed by atoms with E-state index in [1.807, 2.05) is 0 Å². The van der Waals surface area contributed by atoms with Gasteiger partial charge in [0.1, 0.15) is 0 Å². The third kappa shape index (κ3) is 1.35. The first-order chi connectivity index (χ1) is 6.93. The van der Waals surface area contributed by atoms with Crippen molar-refractivity contribution in [3.8, 4) is 0 Å². The average molecular weight is 188 g/mol. The van der Waals surface area contributed by atoms with E-state index >= 15 is 0 Å². The van der Waals surface area contributed by atoms with Crippen LogP contribution in [-0.4, -0.2) is 24.2 Å². The van der Waals surface area contributed by atoms with Gasteiger partial charge in [0.05, 0.1) is 6.17 Å². The summed E-state index contributed by atoms with van der Waals surface area (Å²) in [5.74, 6) is 0. The van der Waals surface area contributed by atoms with Crippen molar-refractivity contribution in [3.63, 3.8) is 0 Å². The summed E-state index contributed by atoms with van der Waals surface area (Å²) in [7, 11) is 0. The summed E-state index contributed by atoms with van der Waals surface area (Å²) in [6.45, 7) is 2.47. The van der Waals surface area contributed by atoms with E-state index in [2.05, 4.69) is 40.5 Å². The fraction of sp³-hybridized carbons (Fsp3) is 0.500. The lowest BCUT2D eigenvalue weighted by molar-refractivity contribution is 0.311. The van der Waals surface area contributed by atoms with Gasteiger partial charge >= 0.3 is 0 Å². The van der Waals surface area contributed by atoms with E-state index in [0.717, 1.165) is 0 Å². The molecule has 0 aliphatic carbocycles. The molecular weight excluding hydrogens is 172 g/mol. The third-order valence-electron chi connectivity index (χ3n) is 3.38. The molecule has 3 rings (SSSR count). The molecule has 2 heterocycles. The molecule has 0 bridgehead atoms. The van der Waals surface area contributed by atoms with Crippen LogP contribution < -0.4 is 5.32 Å². The molecule has 14 heavy (non-hydrogen) atoms. The number of fused-ring (bicyclic) bond motifs is 1. The topological polar surface area (TPSA) is 15.3 Å². The summed E-state index contributed by atoms with van der Waals surface area (Å²) in [6.07, 6.45) is 3.34. The number of hydrogen-bond donors (Lipinski definition) is 1. The van der Waals surface area contributed by atoms with Crippen molar-refractivity contribution >= 4 is 0 Å². The van der Waals surface area contributed by atoms with Crippen molar-refractivity contribution < 1.29 is 0 Å². The molecule has 0 saturated carbocycles. The highest BCUT2D eigenvalue weighted by Crippen LogP contribution is 2.28. The molecule has 1 unspecified atom stereocenters. The van der Waals surface area contributed by atoms with Crippen molar-refractivity contribution in [2.24, 2.45) is 0 Å². The monoisotopic (exact) mass is 188 g/mol. The Morgan fingerprint density at radius 3 is 2.86 bits per heavy atom. The summed E-state index contributed by atoms with van der Waals surface area (Å²) in [5, 5.41) is 3.70. The van der Waals surface area contributed by atoms with Crippen LogP contribution in [0.15, 0.2) is 30.3 Å². The van der Waals surface area contributed by atoms with Crippen LogP contribution in [0.3, 0.4) is 0 Å². The highest BCUT2D eigenvalue weighted by molar-refractivity contribution is 5.21. The van der Waals surface area contributed by atoms with Crippen molar-refractivity contribution in [3.05, 3.63) is 35.9 Å². The van der Waals surface area contributed by atoms with Crippen LogP contribution in [0.2, 0.25) is 0 Å². The largest absolute Gasteiger partial charge is 0.294 e. The molecule has 0 spiro atoms. The fourth-order valence-electron chi connectivity index (χ4n) is 2.64. The molecule has 2 atom stereocenters. The predicted molar refractivity (Wildman–Crippen MR) is 56.9 cm³/mol. The lowest BCUT2D eigenvalue weighted by atomic mass is 10.1. The molecule has 2 saturated heterocycles. The van der Waals surface area contributed by atoms with Gasteiger partial charge in [-0.05, 0) is 24.9 Å². The Balaban J connectivity index is 1.77. The fourth-order valence-corrected chi connectivity index (χ4v) is 2.64. The summed E-state index contributed by atoms with van der Waals surface area (Å²) >= 11 is 0. The van der Waals surface area contributed by atoms with Crippen LogP contribution in [0.4, 0.5) is 0 Å². The van der Waals surface area contributed by atoms with E-state index in [1.54, 1.807) is 0 Å². The molecule has 2 heteroatoms. The van der Waals surface area contributed by atoms with Crippen molar-refractivity contribution in [1.82, 2.24) is 10.2 Å². The first kappa shape index (κ1) is 8.45. The Morgan fingerprint density at radius 2 is 2.07 bits per heavy atom. The van der Waals surface area contributed by atoms with E-state index in [0.29, 0.717) is 12.2 Å². The minimum absolute atomic E-state index is 0.557. The molecule has 2 fully saturated rings. The number of nitrogens with one attached hydrogen (secondary N) is 1. The van der Waals surface area contributed by atoms with E-state index in [-0.39, 0.29) is 0 Å². The quantitative estimate of drug-likeness (QED) is 0.722. The zero-order valence-corrected chi connectivity index (χ0v) is 8.32. The van der Waals surface area contributed by atoms with E-state index in [1.165, 1.54) is 31.5 Å². The highest BCUT2D eigenvalue weighted by atomic mass is 15.4. The van der Waals surface area contributed by atoms with Gasteiger partial charge in [-0.3, -0.25) is 10.2 Å². The number of nitrogens with zero attached hydrogens (tertiary/aromatic N) is 1. The summed E-state index contributed by atoms with van der Waals surface area (Å²) in [4.78, 5) is 2.57. The van der Waals surface area contributed by atoms with Crippen LogP contribution in [0, 0.1) is 0 Å². The Hall–Kier alpha value is -0.860. The minimum Gasteiger partial charge on any atom is -0.294 e. The lowest BCUT2D eigenvalue weighted by Crippen LogP contribution is -2.29. The van der Waals surface area contributed by atoms with Crippen molar-refractivity contribution in [2.75, 3.05) is 13.1 Å². The van der Waals surface area contributed by atoms with E-state index < -0.39 is 0 Å². The maximum atomic E-state index is 3.70. The number of rotatable bonds is 1. The van der Waals surface area contributed by atoms with Crippen LogP contribution in [0.5, 0.6) is 0 Å². The zero-order valence-electron chi connectivity index (χ0n) is 8.32. The summed E-state index contributed by atoms with van der Waals surface area (Å²) in [5.41, 5.74) is 1.43. The smallest absolute Gasteiger partial charge is 0.0603 e. The van der Waals surface area contributed by atoms with Crippen molar-refractivity contribution in [1.29, 1.82) is 0 Å². The van der Waals surface area contributed by atoms with Gasteiger partial charge in [-0.2, -0.15) is 0 Å². The Morgan fingerprint density at radius 1 is 1.21 bits per heavy atom. The molecule has 1 aromatic rings. The second kappa shape index (κ2) is 3.37. The van der Waals surface area contributed by atoms with Crippen LogP contribution in [0.25, 0.3) is 0 Å². The lowest BCUT2D eigenvalue weighted by Gasteiger charge is -2.11. The normalized spacial score (nSPS) is 32.0. The Labute approximate surface area is 84.9 Å². The van der Waals surface area contributed by atoms with Crippen molar-refractivity contribution in [2.45, 2.75) is 25.0 Å². The van der Waals surface area contributed by atoms with E-state index in [9.17, 15) is 0 Å². The van der Waals surface area contributed by atoms with Gasteiger partial charge < -0.3 is 0 Å². The first-order valence-electron chi connectivity index (χ1n) is 5.48. The SMILES string of the molecule is c1ccc(C2CN3CCC[C@H]3N2)cc1. The number of benzene rings is 1. The third-order valence-corrected chi connectivity index (χ3v) is 3.38.